The third kappa shape index (κ3) is 2.87. The minimum absolute atomic E-state index is 0.0980. The molecule has 0 aliphatic carbocycles. The van der Waals surface area contributed by atoms with Crippen molar-refractivity contribution in [1.29, 1.82) is 0 Å². The molecule has 0 unspecified atom stereocenters. The maximum atomic E-state index is 13.6. The molecule has 19 heavy (non-hydrogen) atoms. The lowest BCUT2D eigenvalue weighted by atomic mass is 10.2. The SMILES string of the molecule is Nc1ccncc1C(=O)Nc1c(F)cc(F)cc1Br. The highest BCUT2D eigenvalue weighted by molar-refractivity contribution is 9.10. The zero-order valence-electron chi connectivity index (χ0n) is 9.45. The van der Waals surface area contributed by atoms with Crippen LogP contribution in [-0.4, -0.2) is 10.9 Å². The Labute approximate surface area is 115 Å². The number of hydrogen-bond donors (Lipinski definition) is 2. The average Bonchev–Trinajstić information content (AvgIpc) is 2.34. The van der Waals surface area contributed by atoms with Crippen molar-refractivity contribution in [2.45, 2.75) is 0 Å². The number of carbonyl (C=O) groups is 1. The molecule has 0 saturated carbocycles. The average molecular weight is 328 g/mol. The van der Waals surface area contributed by atoms with Crippen molar-refractivity contribution in [2.75, 3.05) is 11.1 Å². The Morgan fingerprint density at radius 2 is 2.11 bits per heavy atom. The van der Waals surface area contributed by atoms with Crippen molar-refractivity contribution in [1.82, 2.24) is 4.98 Å². The summed E-state index contributed by atoms with van der Waals surface area (Å²) in [6.07, 6.45) is 2.69. The molecule has 0 aliphatic rings. The van der Waals surface area contributed by atoms with Crippen LogP contribution in [-0.2, 0) is 0 Å². The van der Waals surface area contributed by atoms with Crippen LogP contribution in [0.25, 0.3) is 0 Å². The Morgan fingerprint density at radius 3 is 2.74 bits per heavy atom. The zero-order chi connectivity index (χ0) is 14.0. The smallest absolute Gasteiger partial charge is 0.259 e. The van der Waals surface area contributed by atoms with Crippen LogP contribution in [0, 0.1) is 11.6 Å². The van der Waals surface area contributed by atoms with Gasteiger partial charge in [0.2, 0.25) is 0 Å². The predicted molar refractivity (Wildman–Crippen MR) is 70.7 cm³/mol. The van der Waals surface area contributed by atoms with Gasteiger partial charge in [0.1, 0.15) is 5.82 Å². The zero-order valence-corrected chi connectivity index (χ0v) is 11.0. The van der Waals surface area contributed by atoms with Crippen LogP contribution in [0.4, 0.5) is 20.2 Å². The van der Waals surface area contributed by atoms with E-state index in [1.54, 1.807) is 0 Å². The maximum absolute atomic E-state index is 13.6. The summed E-state index contributed by atoms with van der Waals surface area (Å²) in [5.41, 5.74) is 5.77. The van der Waals surface area contributed by atoms with Gasteiger partial charge in [0.15, 0.2) is 5.82 Å². The normalized spacial score (nSPS) is 10.3. The number of rotatable bonds is 2. The van der Waals surface area contributed by atoms with Gasteiger partial charge in [0, 0.05) is 28.6 Å². The largest absolute Gasteiger partial charge is 0.398 e. The van der Waals surface area contributed by atoms with Gasteiger partial charge in [0.25, 0.3) is 5.91 Å². The van der Waals surface area contributed by atoms with Crippen LogP contribution < -0.4 is 11.1 Å². The molecular weight excluding hydrogens is 320 g/mol. The molecule has 1 heterocycles. The molecule has 0 aliphatic heterocycles. The third-order valence-electron chi connectivity index (χ3n) is 2.34. The fourth-order valence-corrected chi connectivity index (χ4v) is 1.94. The first-order valence-electron chi connectivity index (χ1n) is 5.14. The van der Waals surface area contributed by atoms with Gasteiger partial charge in [-0.3, -0.25) is 9.78 Å². The molecule has 7 heteroatoms. The number of nitrogen functional groups attached to an aromatic ring is 1. The van der Waals surface area contributed by atoms with Gasteiger partial charge >= 0.3 is 0 Å². The molecule has 0 saturated heterocycles. The van der Waals surface area contributed by atoms with Gasteiger partial charge in [0.05, 0.1) is 11.3 Å². The van der Waals surface area contributed by atoms with Crippen LogP contribution >= 0.6 is 15.9 Å². The molecule has 1 amide bonds. The van der Waals surface area contributed by atoms with Gasteiger partial charge < -0.3 is 11.1 Å². The summed E-state index contributed by atoms with van der Waals surface area (Å²) in [6.45, 7) is 0. The first kappa shape index (κ1) is 13.4. The van der Waals surface area contributed by atoms with Gasteiger partial charge in [-0.05, 0) is 28.1 Å². The first-order chi connectivity index (χ1) is 8.99. The van der Waals surface area contributed by atoms with Crippen molar-refractivity contribution < 1.29 is 13.6 Å². The molecule has 1 aromatic heterocycles. The van der Waals surface area contributed by atoms with Crippen LogP contribution in [0.1, 0.15) is 10.4 Å². The number of halogens is 3. The van der Waals surface area contributed by atoms with Crippen molar-refractivity contribution in [2.24, 2.45) is 0 Å². The lowest BCUT2D eigenvalue weighted by molar-refractivity contribution is 0.102. The Balaban J connectivity index is 2.32. The van der Waals surface area contributed by atoms with Crippen molar-refractivity contribution in [3.63, 3.8) is 0 Å². The highest BCUT2D eigenvalue weighted by Crippen LogP contribution is 2.27. The molecule has 0 bridgehead atoms. The summed E-state index contributed by atoms with van der Waals surface area (Å²) in [7, 11) is 0. The number of amides is 1. The molecular formula is C12H8BrF2N3O. The van der Waals surface area contributed by atoms with E-state index < -0.39 is 17.5 Å². The lowest BCUT2D eigenvalue weighted by Gasteiger charge is -2.09. The number of aromatic nitrogens is 1. The molecule has 2 rings (SSSR count). The number of nitrogens with two attached hydrogens (primary N) is 1. The van der Waals surface area contributed by atoms with E-state index in [9.17, 15) is 13.6 Å². The summed E-state index contributed by atoms with van der Waals surface area (Å²) in [4.78, 5) is 15.7. The Morgan fingerprint density at radius 1 is 1.37 bits per heavy atom. The van der Waals surface area contributed by atoms with Crippen molar-refractivity contribution >= 4 is 33.2 Å². The number of benzene rings is 1. The highest BCUT2D eigenvalue weighted by Gasteiger charge is 2.15. The summed E-state index contributed by atoms with van der Waals surface area (Å²) in [5.74, 6) is -2.26. The fourth-order valence-electron chi connectivity index (χ4n) is 1.44. The van der Waals surface area contributed by atoms with Crippen molar-refractivity contribution in [3.05, 3.63) is 52.3 Å². The van der Waals surface area contributed by atoms with E-state index in [0.29, 0.717) is 6.07 Å². The molecule has 98 valence electrons. The fraction of sp³-hybridized carbons (Fsp3) is 0. The van der Waals surface area contributed by atoms with Crippen LogP contribution in [0.2, 0.25) is 0 Å². The number of nitrogens with one attached hydrogen (secondary N) is 1. The number of hydrogen-bond acceptors (Lipinski definition) is 3. The summed E-state index contributed by atoms with van der Waals surface area (Å²) < 4.78 is 26.6. The molecule has 0 atom stereocenters. The van der Waals surface area contributed by atoms with E-state index in [2.05, 4.69) is 26.2 Å². The van der Waals surface area contributed by atoms with Gasteiger partial charge in [-0.1, -0.05) is 0 Å². The number of pyridine rings is 1. The molecule has 2 aromatic rings. The van der Waals surface area contributed by atoms with E-state index in [1.807, 2.05) is 0 Å². The maximum Gasteiger partial charge on any atom is 0.259 e. The van der Waals surface area contributed by atoms with Gasteiger partial charge in [-0.15, -0.1) is 0 Å². The number of carbonyl (C=O) groups excluding carboxylic acids is 1. The topological polar surface area (TPSA) is 68.0 Å². The molecule has 1 aromatic carbocycles. The first-order valence-corrected chi connectivity index (χ1v) is 5.93. The molecule has 4 nitrogen and oxygen atoms in total. The van der Waals surface area contributed by atoms with E-state index in [4.69, 9.17) is 5.73 Å². The Hall–Kier alpha value is -2.02. The summed E-state index contributed by atoms with van der Waals surface area (Å²) in [6, 6.07) is 3.17. The Kier molecular flexibility index (Phi) is 3.75. The second kappa shape index (κ2) is 5.31. The van der Waals surface area contributed by atoms with E-state index >= 15 is 0 Å². The standard InChI is InChI=1S/C12H8BrF2N3O/c13-8-3-6(14)4-9(15)11(8)18-12(19)7-5-17-2-1-10(7)16/h1-5H,(H2,16,17)(H,18,19). The number of nitrogens with zero attached hydrogens (tertiary/aromatic N) is 1. The summed E-state index contributed by atoms with van der Waals surface area (Å²) >= 11 is 2.98. The predicted octanol–water partition coefficient (Wildman–Crippen LogP) is 2.96. The van der Waals surface area contributed by atoms with Crippen LogP contribution in [0.15, 0.2) is 35.1 Å². The quantitative estimate of drug-likeness (QED) is 0.891. The van der Waals surface area contributed by atoms with Crippen LogP contribution in [0.5, 0.6) is 0 Å². The van der Waals surface area contributed by atoms with Crippen molar-refractivity contribution in [3.8, 4) is 0 Å². The molecule has 0 spiro atoms. The summed E-state index contributed by atoms with van der Waals surface area (Å²) in [5, 5.41) is 2.32. The lowest BCUT2D eigenvalue weighted by Crippen LogP contribution is -2.15. The monoisotopic (exact) mass is 327 g/mol. The van der Waals surface area contributed by atoms with Crippen LogP contribution in [0.3, 0.4) is 0 Å². The molecule has 0 radical (unpaired) electrons. The minimum atomic E-state index is -0.886. The Bertz CT molecular complexity index is 626. The van der Waals surface area contributed by atoms with Gasteiger partial charge in [-0.2, -0.15) is 0 Å². The second-order valence-corrected chi connectivity index (χ2v) is 4.52. The minimum Gasteiger partial charge on any atom is -0.398 e. The third-order valence-corrected chi connectivity index (χ3v) is 2.97. The highest BCUT2D eigenvalue weighted by atomic mass is 79.9. The van der Waals surface area contributed by atoms with E-state index in [0.717, 1.165) is 6.07 Å². The van der Waals surface area contributed by atoms with E-state index in [-0.39, 0.29) is 21.4 Å². The molecule has 0 fully saturated rings. The van der Waals surface area contributed by atoms with E-state index in [1.165, 1.54) is 18.5 Å². The van der Waals surface area contributed by atoms with Gasteiger partial charge in [-0.25, -0.2) is 8.78 Å². The number of anilines is 2. The molecule has 3 N–H and O–H groups in total. The second-order valence-electron chi connectivity index (χ2n) is 3.66.